The molecule has 2 N–H and O–H groups in total. The summed E-state index contributed by atoms with van der Waals surface area (Å²) in [5, 5.41) is 12.6. The van der Waals surface area contributed by atoms with E-state index in [-0.39, 0.29) is 6.61 Å². The van der Waals surface area contributed by atoms with E-state index in [1.54, 1.807) is 26.5 Å². The van der Waals surface area contributed by atoms with E-state index in [2.05, 4.69) is 50.3 Å². The quantitative estimate of drug-likeness (QED) is 0.563. The normalized spacial score (nSPS) is 10.3. The van der Waals surface area contributed by atoms with Gasteiger partial charge in [0.1, 0.15) is 23.5 Å². The number of rotatable bonds is 4. The minimum absolute atomic E-state index is 0.143. The summed E-state index contributed by atoms with van der Waals surface area (Å²) in [5.41, 5.74) is 3.57. The van der Waals surface area contributed by atoms with Gasteiger partial charge in [0.2, 0.25) is 0 Å². The van der Waals surface area contributed by atoms with Crippen LogP contribution in [0.2, 0.25) is 5.15 Å². The van der Waals surface area contributed by atoms with Gasteiger partial charge in [0.25, 0.3) is 0 Å². The number of carbonyl (C=O) groups is 1. The van der Waals surface area contributed by atoms with Crippen molar-refractivity contribution >= 4 is 29.4 Å². The number of nitrogens with one attached hydrogen (secondary N) is 1. The van der Waals surface area contributed by atoms with E-state index < -0.39 is 0 Å². The number of hydrogen-bond donors (Lipinski definition) is 2. The molecule has 0 radical (unpaired) electrons. The number of imidazole rings is 1. The Balaban J connectivity index is 0.000000740. The molecule has 8 nitrogen and oxygen atoms in total. The van der Waals surface area contributed by atoms with Crippen molar-refractivity contribution in [2.75, 3.05) is 27.9 Å². The number of nitrogens with zero attached hydrogens (tertiary/aromatic N) is 4. The molecule has 0 aliphatic carbocycles. The van der Waals surface area contributed by atoms with Crippen molar-refractivity contribution in [3.05, 3.63) is 41.4 Å². The van der Waals surface area contributed by atoms with E-state index in [0.29, 0.717) is 23.7 Å². The summed E-state index contributed by atoms with van der Waals surface area (Å²) in [5.74, 6) is 0.898. The molecule has 0 bridgehead atoms. The van der Waals surface area contributed by atoms with Crippen LogP contribution in [0.5, 0.6) is 0 Å². The number of methoxy groups -OCH3 is 1. The molecule has 0 saturated heterocycles. The standard InChI is InChI=1S/C15H15ClN4O.C5H13N.C2H6O.CH2O/c1-10-18-12-6-7-17-14(11-4-2-5-13(16)19-11)15(12)20(10)8-3-9-21;1-5(2,3)6-4;1-3-2;1-2/h2,4-7,21H,3,8-9H2,1H3;6H,1-4H3;1-2H3;1H2. The summed E-state index contributed by atoms with van der Waals surface area (Å²) in [6.45, 7) is 11.2. The minimum Gasteiger partial charge on any atom is -0.396 e. The van der Waals surface area contributed by atoms with Crippen LogP contribution in [0.4, 0.5) is 0 Å². The van der Waals surface area contributed by atoms with Crippen LogP contribution in [0, 0.1) is 6.92 Å². The van der Waals surface area contributed by atoms with Crippen molar-refractivity contribution in [2.24, 2.45) is 0 Å². The number of aryl methyl sites for hydroxylation is 2. The van der Waals surface area contributed by atoms with Gasteiger partial charge < -0.3 is 24.5 Å². The third kappa shape index (κ3) is 9.82. The number of fused-ring (bicyclic) bond motifs is 1. The Morgan fingerprint density at radius 1 is 1.19 bits per heavy atom. The third-order valence-corrected chi connectivity index (χ3v) is 4.30. The summed E-state index contributed by atoms with van der Waals surface area (Å²) in [7, 11) is 5.21. The van der Waals surface area contributed by atoms with E-state index in [0.717, 1.165) is 28.2 Å². The summed E-state index contributed by atoms with van der Waals surface area (Å²) in [6.07, 6.45) is 2.40. The molecule has 9 heteroatoms. The highest BCUT2D eigenvalue weighted by molar-refractivity contribution is 6.29. The maximum absolute atomic E-state index is 9.07. The number of aliphatic hydroxyl groups is 1. The van der Waals surface area contributed by atoms with Crippen molar-refractivity contribution < 1.29 is 14.6 Å². The average molecular weight is 466 g/mol. The second-order valence-electron chi connectivity index (χ2n) is 7.67. The number of aliphatic hydroxyl groups excluding tert-OH is 1. The van der Waals surface area contributed by atoms with Crippen molar-refractivity contribution in [3.8, 4) is 11.4 Å². The topological polar surface area (TPSA) is 102 Å². The predicted octanol–water partition coefficient (Wildman–Crippen LogP) is 3.92. The molecule has 178 valence electrons. The van der Waals surface area contributed by atoms with Gasteiger partial charge in [0, 0.05) is 39.1 Å². The predicted molar refractivity (Wildman–Crippen MR) is 131 cm³/mol. The zero-order chi connectivity index (χ0) is 24.7. The first-order chi connectivity index (χ1) is 15.2. The van der Waals surface area contributed by atoms with Gasteiger partial charge in [-0.25, -0.2) is 9.97 Å². The average Bonchev–Trinajstić information content (AvgIpc) is 3.09. The summed E-state index contributed by atoms with van der Waals surface area (Å²) in [6, 6.07) is 7.35. The van der Waals surface area contributed by atoms with Gasteiger partial charge in [-0.3, -0.25) is 4.98 Å². The van der Waals surface area contributed by atoms with E-state index in [1.807, 2.05) is 39.0 Å². The summed E-state index contributed by atoms with van der Waals surface area (Å²) >= 11 is 5.98. The zero-order valence-electron chi connectivity index (χ0n) is 20.1. The number of aromatic nitrogens is 4. The lowest BCUT2D eigenvalue weighted by molar-refractivity contribution is -0.0980. The fraction of sp³-hybridized carbons (Fsp3) is 0.478. The van der Waals surface area contributed by atoms with E-state index in [1.165, 1.54) is 0 Å². The SMILES string of the molecule is C=O.CNC(C)(C)C.COC.Cc1nc2ccnc(-c3cccc(Cl)n3)c2n1CCCO. The van der Waals surface area contributed by atoms with Gasteiger partial charge >= 0.3 is 0 Å². The van der Waals surface area contributed by atoms with Crippen LogP contribution >= 0.6 is 11.6 Å². The highest BCUT2D eigenvalue weighted by atomic mass is 35.5. The molecule has 0 amide bonds. The van der Waals surface area contributed by atoms with Crippen LogP contribution in [0.25, 0.3) is 22.4 Å². The first-order valence-corrected chi connectivity index (χ1v) is 10.5. The number of pyridine rings is 2. The number of carbonyl (C=O) groups excluding carboxylic acids is 1. The molecule has 0 aliphatic heterocycles. The largest absolute Gasteiger partial charge is 0.396 e. The second-order valence-corrected chi connectivity index (χ2v) is 8.06. The fourth-order valence-corrected chi connectivity index (χ4v) is 2.59. The van der Waals surface area contributed by atoms with Gasteiger partial charge in [-0.15, -0.1) is 0 Å². The third-order valence-electron chi connectivity index (χ3n) is 4.09. The van der Waals surface area contributed by atoms with E-state index >= 15 is 0 Å². The maximum Gasteiger partial charge on any atom is 0.129 e. The monoisotopic (exact) mass is 465 g/mol. The first kappa shape index (κ1) is 29.6. The zero-order valence-corrected chi connectivity index (χ0v) is 20.9. The van der Waals surface area contributed by atoms with Crippen LogP contribution in [0.3, 0.4) is 0 Å². The number of halogens is 1. The van der Waals surface area contributed by atoms with E-state index in [9.17, 15) is 0 Å². The highest BCUT2D eigenvalue weighted by Gasteiger charge is 2.14. The Morgan fingerprint density at radius 2 is 1.78 bits per heavy atom. The summed E-state index contributed by atoms with van der Waals surface area (Å²) in [4.78, 5) is 21.3. The Hall–Kier alpha value is -2.39. The molecule has 0 spiro atoms. The molecule has 0 unspecified atom stereocenters. The van der Waals surface area contributed by atoms with Crippen LogP contribution in [-0.4, -0.2) is 64.8 Å². The van der Waals surface area contributed by atoms with Crippen molar-refractivity contribution in [1.29, 1.82) is 0 Å². The molecule has 0 aromatic carbocycles. The second kappa shape index (κ2) is 15.4. The number of hydrogen-bond acceptors (Lipinski definition) is 7. The Kier molecular flexibility index (Phi) is 14.3. The first-order valence-electron chi connectivity index (χ1n) is 10.1. The number of ether oxygens (including phenoxy) is 1. The fourth-order valence-electron chi connectivity index (χ4n) is 2.43. The molecule has 0 fully saturated rings. The van der Waals surface area contributed by atoms with Gasteiger partial charge in [-0.1, -0.05) is 17.7 Å². The van der Waals surface area contributed by atoms with Gasteiger partial charge in [-0.2, -0.15) is 0 Å². The molecular weight excluding hydrogens is 430 g/mol. The molecule has 3 aromatic heterocycles. The van der Waals surface area contributed by atoms with Crippen molar-refractivity contribution in [2.45, 2.75) is 46.2 Å². The molecular formula is C23H36ClN5O3. The van der Waals surface area contributed by atoms with Gasteiger partial charge in [0.05, 0.1) is 16.7 Å². The molecule has 0 saturated carbocycles. The molecule has 3 aromatic rings. The van der Waals surface area contributed by atoms with Crippen molar-refractivity contribution in [3.63, 3.8) is 0 Å². The Morgan fingerprint density at radius 3 is 2.28 bits per heavy atom. The van der Waals surface area contributed by atoms with E-state index in [4.69, 9.17) is 21.5 Å². The van der Waals surface area contributed by atoms with Crippen molar-refractivity contribution in [1.82, 2.24) is 24.8 Å². The molecule has 0 atom stereocenters. The highest BCUT2D eigenvalue weighted by Crippen LogP contribution is 2.27. The molecule has 3 heterocycles. The van der Waals surface area contributed by atoms with Gasteiger partial charge in [0.15, 0.2) is 0 Å². The van der Waals surface area contributed by atoms with Gasteiger partial charge in [-0.05, 0) is 59.4 Å². The lowest BCUT2D eigenvalue weighted by Crippen LogP contribution is -2.31. The summed E-state index contributed by atoms with van der Waals surface area (Å²) < 4.78 is 6.32. The maximum atomic E-state index is 9.07. The smallest absolute Gasteiger partial charge is 0.129 e. The molecule has 32 heavy (non-hydrogen) atoms. The van der Waals surface area contributed by atoms with Crippen LogP contribution in [-0.2, 0) is 16.1 Å². The van der Waals surface area contributed by atoms with Crippen LogP contribution in [0.1, 0.15) is 33.0 Å². The Bertz CT molecular complexity index is 926. The Labute approximate surface area is 196 Å². The minimum atomic E-state index is 0.143. The lowest BCUT2D eigenvalue weighted by Gasteiger charge is -2.15. The molecule has 0 aliphatic rings. The lowest BCUT2D eigenvalue weighted by atomic mass is 10.1. The molecule has 3 rings (SSSR count). The van der Waals surface area contributed by atoms with Crippen LogP contribution in [0.15, 0.2) is 30.5 Å². The van der Waals surface area contributed by atoms with Crippen LogP contribution < -0.4 is 5.32 Å².